The molecule has 0 aliphatic rings. The summed E-state index contributed by atoms with van der Waals surface area (Å²) in [4.78, 5) is 11.6. The average molecular weight is 306 g/mol. The summed E-state index contributed by atoms with van der Waals surface area (Å²) < 4.78 is 51.3. The van der Waals surface area contributed by atoms with Gasteiger partial charge in [-0.3, -0.25) is 0 Å². The molecule has 1 rings (SSSR count). The summed E-state index contributed by atoms with van der Waals surface area (Å²) in [5.41, 5.74) is 0.253. The molecule has 0 saturated carbocycles. The molecule has 0 radical (unpaired) electrons. The number of ether oxygens (including phenoxy) is 3. The van der Waals surface area contributed by atoms with Crippen molar-refractivity contribution in [2.75, 3.05) is 20.3 Å². The maximum Gasteiger partial charge on any atom is 0.389 e. The molecule has 0 aliphatic carbocycles. The molecule has 4 nitrogen and oxygen atoms in total. The van der Waals surface area contributed by atoms with Gasteiger partial charge in [-0.15, -0.1) is 0 Å². The Kier molecular flexibility index (Phi) is 6.33. The van der Waals surface area contributed by atoms with Crippen LogP contribution >= 0.6 is 0 Å². The van der Waals surface area contributed by atoms with E-state index in [1.165, 1.54) is 25.3 Å². The van der Waals surface area contributed by atoms with Gasteiger partial charge in [0.25, 0.3) is 0 Å². The molecule has 21 heavy (non-hydrogen) atoms. The number of halogens is 3. The fourth-order valence-corrected chi connectivity index (χ4v) is 1.59. The molecule has 1 aromatic rings. The quantitative estimate of drug-likeness (QED) is 0.570. The van der Waals surface area contributed by atoms with Crippen LogP contribution in [-0.4, -0.2) is 32.5 Å². The molecule has 0 fully saturated rings. The summed E-state index contributed by atoms with van der Waals surface area (Å²) in [6, 6.07) is 4.40. The first-order chi connectivity index (χ1) is 9.87. The Balaban J connectivity index is 2.70. The molecule has 0 saturated heterocycles. The van der Waals surface area contributed by atoms with E-state index < -0.39 is 18.6 Å². The average Bonchev–Trinajstić information content (AvgIpc) is 2.42. The van der Waals surface area contributed by atoms with Gasteiger partial charge in [0.05, 0.1) is 25.9 Å². The van der Waals surface area contributed by atoms with E-state index in [-0.39, 0.29) is 30.9 Å². The summed E-state index contributed by atoms with van der Waals surface area (Å²) in [6.07, 6.45) is -5.30. The summed E-state index contributed by atoms with van der Waals surface area (Å²) in [6.45, 7) is 1.78. The minimum atomic E-state index is -4.21. The van der Waals surface area contributed by atoms with Crippen LogP contribution in [0.2, 0.25) is 0 Å². The van der Waals surface area contributed by atoms with Gasteiger partial charge in [-0.2, -0.15) is 13.2 Å². The molecule has 1 aromatic carbocycles. The fourth-order valence-electron chi connectivity index (χ4n) is 1.59. The van der Waals surface area contributed by atoms with Gasteiger partial charge in [-0.05, 0) is 31.5 Å². The third-order valence-electron chi connectivity index (χ3n) is 2.54. The first-order valence-corrected chi connectivity index (χ1v) is 6.42. The molecular formula is C14H17F3O4. The van der Waals surface area contributed by atoms with Gasteiger partial charge in [-0.25, -0.2) is 4.79 Å². The van der Waals surface area contributed by atoms with E-state index in [9.17, 15) is 18.0 Å². The van der Waals surface area contributed by atoms with E-state index in [1.54, 1.807) is 6.92 Å². The second kappa shape index (κ2) is 7.75. The molecule has 0 aliphatic heterocycles. The summed E-state index contributed by atoms with van der Waals surface area (Å²) in [7, 11) is 1.40. The maximum absolute atomic E-state index is 12.0. The second-order valence-electron chi connectivity index (χ2n) is 4.15. The molecule has 0 atom stereocenters. The van der Waals surface area contributed by atoms with E-state index in [4.69, 9.17) is 14.2 Å². The number of alkyl halides is 3. The molecule has 7 heteroatoms. The number of esters is 1. The molecule has 118 valence electrons. The Morgan fingerprint density at radius 3 is 2.52 bits per heavy atom. The van der Waals surface area contributed by atoms with Gasteiger partial charge in [0, 0.05) is 6.42 Å². The Bertz CT molecular complexity index is 472. The van der Waals surface area contributed by atoms with Crippen molar-refractivity contribution < 1.29 is 32.2 Å². The monoisotopic (exact) mass is 306 g/mol. The van der Waals surface area contributed by atoms with Crippen LogP contribution in [0.25, 0.3) is 0 Å². The van der Waals surface area contributed by atoms with Crippen LogP contribution in [-0.2, 0) is 4.74 Å². The van der Waals surface area contributed by atoms with E-state index in [0.717, 1.165) is 0 Å². The SMILES string of the molecule is CCOC(=O)c1ccc(OC)c(OCCCC(F)(F)F)c1. The van der Waals surface area contributed by atoms with Crippen molar-refractivity contribution in [1.29, 1.82) is 0 Å². The van der Waals surface area contributed by atoms with Crippen molar-refractivity contribution in [3.63, 3.8) is 0 Å². The van der Waals surface area contributed by atoms with Crippen molar-refractivity contribution >= 4 is 5.97 Å². The first kappa shape index (κ1) is 17.1. The van der Waals surface area contributed by atoms with Crippen molar-refractivity contribution in [2.24, 2.45) is 0 Å². The number of benzene rings is 1. The number of carbonyl (C=O) groups is 1. The van der Waals surface area contributed by atoms with Gasteiger partial charge >= 0.3 is 12.1 Å². The molecule has 0 heterocycles. The highest BCUT2D eigenvalue weighted by molar-refractivity contribution is 5.90. The molecule has 0 aromatic heterocycles. The lowest BCUT2D eigenvalue weighted by Crippen LogP contribution is -2.10. The van der Waals surface area contributed by atoms with Gasteiger partial charge in [0.2, 0.25) is 0 Å². The lowest BCUT2D eigenvalue weighted by molar-refractivity contribution is -0.136. The molecule has 0 bridgehead atoms. The highest BCUT2D eigenvalue weighted by Crippen LogP contribution is 2.29. The molecule has 0 spiro atoms. The lowest BCUT2D eigenvalue weighted by Gasteiger charge is -2.12. The number of carbonyl (C=O) groups excluding carboxylic acids is 1. The van der Waals surface area contributed by atoms with Crippen molar-refractivity contribution in [3.8, 4) is 11.5 Å². The number of rotatable bonds is 7. The van der Waals surface area contributed by atoms with Crippen molar-refractivity contribution in [1.82, 2.24) is 0 Å². The van der Waals surface area contributed by atoms with Crippen molar-refractivity contribution in [2.45, 2.75) is 25.9 Å². The van der Waals surface area contributed by atoms with Crippen LogP contribution in [0.15, 0.2) is 18.2 Å². The zero-order valence-corrected chi connectivity index (χ0v) is 11.8. The topological polar surface area (TPSA) is 44.8 Å². The molecular weight excluding hydrogens is 289 g/mol. The van der Waals surface area contributed by atoms with Gasteiger partial charge in [0.15, 0.2) is 11.5 Å². The summed E-state index contributed by atoms with van der Waals surface area (Å²) in [5.74, 6) is 0.0283. The van der Waals surface area contributed by atoms with Crippen LogP contribution in [0.3, 0.4) is 0 Å². The van der Waals surface area contributed by atoms with Crippen LogP contribution < -0.4 is 9.47 Å². The Hall–Kier alpha value is -1.92. The zero-order valence-electron chi connectivity index (χ0n) is 11.8. The van der Waals surface area contributed by atoms with E-state index in [2.05, 4.69) is 0 Å². The Morgan fingerprint density at radius 1 is 1.24 bits per heavy atom. The fraction of sp³-hybridized carbons (Fsp3) is 0.500. The van der Waals surface area contributed by atoms with Crippen LogP contribution in [0, 0.1) is 0 Å². The predicted molar refractivity (Wildman–Crippen MR) is 69.7 cm³/mol. The highest BCUT2D eigenvalue weighted by atomic mass is 19.4. The maximum atomic E-state index is 12.0. The Labute approximate surface area is 120 Å². The predicted octanol–water partition coefficient (Wildman–Crippen LogP) is 3.59. The van der Waals surface area contributed by atoms with Crippen LogP contribution in [0.5, 0.6) is 11.5 Å². The lowest BCUT2D eigenvalue weighted by atomic mass is 10.2. The number of methoxy groups -OCH3 is 1. The van der Waals surface area contributed by atoms with Gasteiger partial charge < -0.3 is 14.2 Å². The Morgan fingerprint density at radius 2 is 1.95 bits per heavy atom. The summed E-state index contributed by atoms with van der Waals surface area (Å²) in [5, 5.41) is 0. The molecule has 0 amide bonds. The van der Waals surface area contributed by atoms with Gasteiger partial charge in [0.1, 0.15) is 0 Å². The first-order valence-electron chi connectivity index (χ1n) is 6.42. The smallest absolute Gasteiger partial charge is 0.389 e. The molecule has 0 unspecified atom stereocenters. The van der Waals surface area contributed by atoms with Crippen molar-refractivity contribution in [3.05, 3.63) is 23.8 Å². The number of hydrogen-bond donors (Lipinski definition) is 0. The largest absolute Gasteiger partial charge is 0.493 e. The second-order valence-corrected chi connectivity index (χ2v) is 4.15. The van der Waals surface area contributed by atoms with Crippen LogP contribution in [0.1, 0.15) is 30.1 Å². The standard InChI is InChI=1S/C14H17F3O4/c1-3-20-13(18)10-5-6-11(19-2)12(9-10)21-8-4-7-14(15,16)17/h5-6,9H,3-4,7-8H2,1-2H3. The third-order valence-corrected chi connectivity index (χ3v) is 2.54. The van der Waals surface area contributed by atoms with E-state index in [0.29, 0.717) is 5.75 Å². The highest BCUT2D eigenvalue weighted by Gasteiger charge is 2.26. The van der Waals surface area contributed by atoms with Gasteiger partial charge in [-0.1, -0.05) is 0 Å². The van der Waals surface area contributed by atoms with E-state index >= 15 is 0 Å². The number of hydrogen-bond acceptors (Lipinski definition) is 4. The third kappa shape index (κ3) is 5.93. The minimum Gasteiger partial charge on any atom is -0.493 e. The van der Waals surface area contributed by atoms with E-state index in [1.807, 2.05) is 0 Å². The summed E-state index contributed by atoms with van der Waals surface area (Å²) >= 11 is 0. The molecule has 0 N–H and O–H groups in total. The normalized spacial score (nSPS) is 11.1. The minimum absolute atomic E-state index is 0.123. The zero-order chi connectivity index (χ0) is 15.9. The van der Waals surface area contributed by atoms with Crippen LogP contribution in [0.4, 0.5) is 13.2 Å².